The van der Waals surface area contributed by atoms with E-state index in [4.69, 9.17) is 10.5 Å². The van der Waals surface area contributed by atoms with Gasteiger partial charge in [0.05, 0.1) is 5.60 Å². The molecule has 0 bridgehead atoms. The highest BCUT2D eigenvalue weighted by Crippen LogP contribution is 2.31. The van der Waals surface area contributed by atoms with Crippen LogP contribution in [-0.4, -0.2) is 18.2 Å². The maximum absolute atomic E-state index is 6.16. The van der Waals surface area contributed by atoms with Gasteiger partial charge in [0.25, 0.3) is 0 Å². The predicted octanol–water partition coefficient (Wildman–Crippen LogP) is 2.17. The minimum absolute atomic E-state index is 0.0371. The number of hydrogen-bond donors (Lipinski definition) is 1. The summed E-state index contributed by atoms with van der Waals surface area (Å²) in [6.07, 6.45) is 2.23. The number of hydrogen-bond acceptors (Lipinski definition) is 2. The summed E-state index contributed by atoms with van der Waals surface area (Å²) in [6, 6.07) is 0.336. The molecule has 78 valence electrons. The number of nitrogens with two attached hydrogens (primary N) is 1. The monoisotopic (exact) mass is 185 g/mol. The normalized spacial score (nSPS) is 30.5. The Balaban J connectivity index is 2.51. The first-order valence-electron chi connectivity index (χ1n) is 5.32. The maximum atomic E-state index is 6.16. The maximum Gasteiger partial charge on any atom is 0.0629 e. The summed E-state index contributed by atoms with van der Waals surface area (Å²) in [5.41, 5.74) is 6.19. The second-order valence-electron chi connectivity index (χ2n) is 5.18. The van der Waals surface area contributed by atoms with Gasteiger partial charge in [-0.25, -0.2) is 0 Å². The Morgan fingerprint density at radius 3 is 2.46 bits per heavy atom. The molecular weight excluding hydrogens is 162 g/mol. The lowest BCUT2D eigenvalue weighted by molar-refractivity contribution is -0.0784. The topological polar surface area (TPSA) is 35.2 Å². The molecule has 1 rings (SSSR count). The zero-order chi connectivity index (χ0) is 10.1. The van der Waals surface area contributed by atoms with Gasteiger partial charge >= 0.3 is 0 Å². The van der Waals surface area contributed by atoms with E-state index < -0.39 is 0 Å². The molecule has 0 radical (unpaired) electrons. The van der Waals surface area contributed by atoms with Crippen LogP contribution in [0, 0.1) is 11.8 Å². The molecule has 0 amide bonds. The van der Waals surface area contributed by atoms with Crippen molar-refractivity contribution in [2.24, 2.45) is 17.6 Å². The third-order valence-electron chi connectivity index (χ3n) is 3.05. The lowest BCUT2D eigenvalue weighted by atomic mass is 9.80. The molecule has 1 aliphatic heterocycles. The lowest BCUT2D eigenvalue weighted by Crippen LogP contribution is -2.44. The molecule has 0 aromatic rings. The van der Waals surface area contributed by atoms with Crippen molar-refractivity contribution < 1.29 is 4.74 Å². The smallest absolute Gasteiger partial charge is 0.0629 e. The van der Waals surface area contributed by atoms with Gasteiger partial charge < -0.3 is 10.5 Å². The summed E-state index contributed by atoms with van der Waals surface area (Å²) in [5, 5.41) is 0. The molecule has 2 atom stereocenters. The first-order chi connectivity index (χ1) is 5.92. The number of rotatable bonds is 2. The third kappa shape index (κ3) is 2.96. The second kappa shape index (κ2) is 3.97. The van der Waals surface area contributed by atoms with Crippen molar-refractivity contribution in [3.63, 3.8) is 0 Å². The Morgan fingerprint density at radius 2 is 2.00 bits per heavy atom. The van der Waals surface area contributed by atoms with E-state index in [0.717, 1.165) is 19.4 Å². The molecule has 0 aromatic heterocycles. The largest absolute Gasteiger partial charge is 0.376 e. The third-order valence-corrected chi connectivity index (χ3v) is 3.05. The minimum Gasteiger partial charge on any atom is -0.376 e. The van der Waals surface area contributed by atoms with E-state index in [9.17, 15) is 0 Å². The summed E-state index contributed by atoms with van der Waals surface area (Å²) in [4.78, 5) is 0. The van der Waals surface area contributed by atoms with Gasteiger partial charge in [-0.15, -0.1) is 0 Å². The highest BCUT2D eigenvalue weighted by Gasteiger charge is 2.32. The molecule has 0 aromatic carbocycles. The first-order valence-corrected chi connectivity index (χ1v) is 5.32. The van der Waals surface area contributed by atoms with Crippen LogP contribution in [-0.2, 0) is 4.74 Å². The van der Waals surface area contributed by atoms with Gasteiger partial charge in [-0.1, -0.05) is 13.8 Å². The molecule has 0 spiro atoms. The number of ether oxygens (including phenoxy) is 1. The molecule has 1 fully saturated rings. The predicted molar refractivity (Wildman–Crippen MR) is 55.6 cm³/mol. The Hall–Kier alpha value is -0.0800. The molecule has 1 saturated heterocycles. The van der Waals surface area contributed by atoms with Crippen molar-refractivity contribution in [3.05, 3.63) is 0 Å². The van der Waals surface area contributed by atoms with E-state index in [2.05, 4.69) is 27.7 Å². The average Bonchev–Trinajstić information content (AvgIpc) is 2.01. The van der Waals surface area contributed by atoms with E-state index in [1.54, 1.807) is 0 Å². The fourth-order valence-corrected chi connectivity index (χ4v) is 2.15. The van der Waals surface area contributed by atoms with Crippen molar-refractivity contribution in [1.29, 1.82) is 0 Å². The fourth-order valence-electron chi connectivity index (χ4n) is 2.15. The highest BCUT2D eigenvalue weighted by atomic mass is 16.5. The van der Waals surface area contributed by atoms with Crippen molar-refractivity contribution in [1.82, 2.24) is 0 Å². The standard InChI is InChI=1S/C11H23NO/c1-8(2)10(12)9-5-6-13-11(3,4)7-9/h8-10H,5-7,12H2,1-4H3. The van der Waals surface area contributed by atoms with Gasteiger partial charge in [-0.3, -0.25) is 0 Å². The highest BCUT2D eigenvalue weighted by molar-refractivity contribution is 4.85. The summed E-state index contributed by atoms with van der Waals surface area (Å²) >= 11 is 0. The van der Waals surface area contributed by atoms with Gasteiger partial charge in [0.2, 0.25) is 0 Å². The summed E-state index contributed by atoms with van der Waals surface area (Å²) < 4.78 is 5.67. The van der Waals surface area contributed by atoms with E-state index in [-0.39, 0.29) is 5.60 Å². The second-order valence-corrected chi connectivity index (χ2v) is 5.18. The van der Waals surface area contributed by atoms with Crippen LogP contribution in [0.3, 0.4) is 0 Å². The molecule has 2 nitrogen and oxygen atoms in total. The average molecular weight is 185 g/mol. The molecular formula is C11H23NO. The van der Waals surface area contributed by atoms with Crippen LogP contribution in [0.15, 0.2) is 0 Å². The molecule has 0 aliphatic carbocycles. The Kier molecular flexibility index (Phi) is 3.36. The molecule has 0 saturated carbocycles. The van der Waals surface area contributed by atoms with Crippen LogP contribution in [0.5, 0.6) is 0 Å². The zero-order valence-corrected chi connectivity index (χ0v) is 9.34. The van der Waals surface area contributed by atoms with Crippen LogP contribution >= 0.6 is 0 Å². The summed E-state index contributed by atoms with van der Waals surface area (Å²) in [7, 11) is 0. The Morgan fingerprint density at radius 1 is 1.38 bits per heavy atom. The molecule has 2 heteroatoms. The van der Waals surface area contributed by atoms with Crippen LogP contribution < -0.4 is 5.73 Å². The van der Waals surface area contributed by atoms with Gasteiger partial charge in [0.1, 0.15) is 0 Å². The van der Waals surface area contributed by atoms with E-state index >= 15 is 0 Å². The van der Waals surface area contributed by atoms with Crippen LogP contribution in [0.4, 0.5) is 0 Å². The van der Waals surface area contributed by atoms with Crippen LogP contribution in [0.1, 0.15) is 40.5 Å². The van der Waals surface area contributed by atoms with Crippen molar-refractivity contribution >= 4 is 0 Å². The minimum atomic E-state index is 0.0371. The van der Waals surface area contributed by atoms with Gasteiger partial charge in [0.15, 0.2) is 0 Å². The van der Waals surface area contributed by atoms with Crippen molar-refractivity contribution in [2.45, 2.75) is 52.2 Å². The first kappa shape index (κ1) is 11.0. The molecule has 1 heterocycles. The fraction of sp³-hybridized carbons (Fsp3) is 1.00. The van der Waals surface area contributed by atoms with Crippen molar-refractivity contribution in [2.75, 3.05) is 6.61 Å². The summed E-state index contributed by atoms with van der Waals surface area (Å²) in [6.45, 7) is 9.59. The van der Waals surface area contributed by atoms with Crippen LogP contribution in [0.25, 0.3) is 0 Å². The Labute approximate surface area is 81.8 Å². The molecule has 1 aliphatic rings. The lowest BCUT2D eigenvalue weighted by Gasteiger charge is -2.39. The zero-order valence-electron chi connectivity index (χ0n) is 9.34. The summed E-state index contributed by atoms with van der Waals surface area (Å²) in [5.74, 6) is 1.22. The van der Waals surface area contributed by atoms with Crippen molar-refractivity contribution in [3.8, 4) is 0 Å². The van der Waals surface area contributed by atoms with E-state index in [1.807, 2.05) is 0 Å². The van der Waals surface area contributed by atoms with Gasteiger partial charge in [-0.2, -0.15) is 0 Å². The SMILES string of the molecule is CC(C)C(N)C1CCOC(C)(C)C1. The molecule has 2 unspecified atom stereocenters. The van der Waals surface area contributed by atoms with Crippen LogP contribution in [0.2, 0.25) is 0 Å². The Bertz CT molecular complexity index is 165. The van der Waals surface area contributed by atoms with E-state index in [1.165, 1.54) is 0 Å². The molecule has 2 N–H and O–H groups in total. The molecule has 13 heavy (non-hydrogen) atoms. The van der Waals surface area contributed by atoms with Gasteiger partial charge in [0, 0.05) is 12.6 Å². The quantitative estimate of drug-likeness (QED) is 0.715. The van der Waals surface area contributed by atoms with Gasteiger partial charge in [-0.05, 0) is 38.5 Å². The van der Waals surface area contributed by atoms with E-state index in [0.29, 0.717) is 17.9 Å².